The van der Waals surface area contributed by atoms with Gasteiger partial charge in [-0.05, 0) is 37.5 Å². The summed E-state index contributed by atoms with van der Waals surface area (Å²) in [6.07, 6.45) is 1.74. The highest BCUT2D eigenvalue weighted by Gasteiger charge is 2.28. The number of rotatable bonds is 2. The van der Waals surface area contributed by atoms with Gasteiger partial charge in [0, 0.05) is 19.1 Å². The molecule has 1 aromatic rings. The Morgan fingerprint density at radius 3 is 2.72 bits per heavy atom. The molecule has 4 nitrogen and oxygen atoms in total. The van der Waals surface area contributed by atoms with E-state index in [1.54, 1.807) is 18.2 Å². The molecule has 0 spiro atoms. The molecule has 1 fully saturated rings. The van der Waals surface area contributed by atoms with E-state index in [0.717, 1.165) is 18.4 Å². The van der Waals surface area contributed by atoms with Crippen LogP contribution in [0.25, 0.3) is 0 Å². The third kappa shape index (κ3) is 3.23. The first-order valence-corrected chi connectivity index (χ1v) is 7.26. The molecule has 1 aromatic carbocycles. The maximum absolute atomic E-state index is 12.4. The molecule has 1 aliphatic heterocycles. The molecule has 0 saturated carbocycles. The van der Waals surface area contributed by atoms with Crippen LogP contribution in [-0.2, 0) is 10.0 Å². The molecule has 0 radical (unpaired) electrons. The van der Waals surface area contributed by atoms with Crippen molar-refractivity contribution < 1.29 is 8.42 Å². The lowest BCUT2D eigenvalue weighted by molar-refractivity contribution is 0.316. The number of sulfonamides is 1. The van der Waals surface area contributed by atoms with E-state index in [1.165, 1.54) is 4.31 Å². The van der Waals surface area contributed by atoms with E-state index in [-0.39, 0.29) is 18.4 Å². The van der Waals surface area contributed by atoms with E-state index in [1.807, 2.05) is 13.0 Å². The van der Waals surface area contributed by atoms with Crippen LogP contribution < -0.4 is 5.73 Å². The summed E-state index contributed by atoms with van der Waals surface area (Å²) in [5.41, 5.74) is 6.77. The lowest BCUT2D eigenvalue weighted by Crippen LogP contribution is -2.45. The largest absolute Gasteiger partial charge is 0.327 e. The highest BCUT2D eigenvalue weighted by Crippen LogP contribution is 2.20. The summed E-state index contributed by atoms with van der Waals surface area (Å²) in [4.78, 5) is 0.367. The first kappa shape index (κ1) is 15.4. The summed E-state index contributed by atoms with van der Waals surface area (Å²) < 4.78 is 26.2. The van der Waals surface area contributed by atoms with Crippen molar-refractivity contribution in [3.63, 3.8) is 0 Å². The highest BCUT2D eigenvalue weighted by atomic mass is 35.5. The third-order valence-electron chi connectivity index (χ3n) is 3.05. The molecule has 0 aliphatic carbocycles. The zero-order chi connectivity index (χ0) is 12.5. The molecule has 102 valence electrons. The van der Waals surface area contributed by atoms with E-state index in [2.05, 4.69) is 0 Å². The summed E-state index contributed by atoms with van der Waals surface area (Å²) in [5, 5.41) is 0. The molecular weight excluding hydrogens is 272 g/mol. The molecule has 0 unspecified atom stereocenters. The second-order valence-corrected chi connectivity index (χ2v) is 6.52. The molecule has 1 aliphatic rings. The van der Waals surface area contributed by atoms with Crippen LogP contribution in [0.15, 0.2) is 29.2 Å². The van der Waals surface area contributed by atoms with E-state index < -0.39 is 10.0 Å². The van der Waals surface area contributed by atoms with Gasteiger partial charge in [0.15, 0.2) is 0 Å². The molecule has 0 aromatic heterocycles. The van der Waals surface area contributed by atoms with E-state index in [9.17, 15) is 8.42 Å². The second-order valence-electron chi connectivity index (χ2n) is 4.58. The number of hydrogen-bond donors (Lipinski definition) is 1. The van der Waals surface area contributed by atoms with Crippen molar-refractivity contribution in [2.24, 2.45) is 5.73 Å². The standard InChI is InChI=1S/C12H18N2O2S.ClH/c1-10-4-2-6-12(8-10)17(15,16)14-7-3-5-11(13)9-14;/h2,4,6,8,11H,3,5,7,9,13H2,1H3;1H/t11-;/m1./s1. The minimum Gasteiger partial charge on any atom is -0.327 e. The van der Waals surface area contributed by atoms with Gasteiger partial charge in [-0.2, -0.15) is 4.31 Å². The Morgan fingerprint density at radius 1 is 1.39 bits per heavy atom. The predicted octanol–water partition coefficient (Wildman–Crippen LogP) is 1.53. The first-order chi connectivity index (χ1) is 8.00. The van der Waals surface area contributed by atoms with Gasteiger partial charge in [-0.3, -0.25) is 0 Å². The predicted molar refractivity (Wildman–Crippen MR) is 74.4 cm³/mol. The Hall–Kier alpha value is -0.620. The normalized spacial score (nSPS) is 21.3. The summed E-state index contributed by atoms with van der Waals surface area (Å²) in [5.74, 6) is 0. The van der Waals surface area contributed by atoms with Crippen LogP contribution in [0.4, 0.5) is 0 Å². The number of nitrogens with zero attached hydrogens (tertiary/aromatic N) is 1. The average Bonchev–Trinajstić information content (AvgIpc) is 2.29. The van der Waals surface area contributed by atoms with Crippen LogP contribution >= 0.6 is 12.4 Å². The summed E-state index contributed by atoms with van der Waals surface area (Å²) in [6, 6.07) is 6.97. The van der Waals surface area contributed by atoms with Crippen LogP contribution in [0.3, 0.4) is 0 Å². The molecule has 18 heavy (non-hydrogen) atoms. The minimum atomic E-state index is -3.36. The molecular formula is C12H19ClN2O2S. The Bertz CT molecular complexity index is 505. The maximum Gasteiger partial charge on any atom is 0.243 e. The fraction of sp³-hybridized carbons (Fsp3) is 0.500. The minimum absolute atomic E-state index is 0. The van der Waals surface area contributed by atoms with E-state index in [4.69, 9.17) is 5.73 Å². The highest BCUT2D eigenvalue weighted by molar-refractivity contribution is 7.89. The molecule has 1 saturated heterocycles. The number of benzene rings is 1. The smallest absolute Gasteiger partial charge is 0.243 e. The van der Waals surface area contributed by atoms with Crippen LogP contribution in [0.2, 0.25) is 0 Å². The maximum atomic E-state index is 12.4. The zero-order valence-electron chi connectivity index (χ0n) is 10.4. The van der Waals surface area contributed by atoms with Crippen molar-refractivity contribution in [2.45, 2.75) is 30.7 Å². The van der Waals surface area contributed by atoms with Crippen molar-refractivity contribution in [2.75, 3.05) is 13.1 Å². The van der Waals surface area contributed by atoms with E-state index >= 15 is 0 Å². The molecule has 6 heteroatoms. The lowest BCUT2D eigenvalue weighted by atomic mass is 10.1. The summed E-state index contributed by atoms with van der Waals surface area (Å²) in [6.45, 7) is 2.89. The number of nitrogens with two attached hydrogens (primary N) is 1. The molecule has 1 heterocycles. The van der Waals surface area contributed by atoms with Crippen LogP contribution in [0.1, 0.15) is 18.4 Å². The van der Waals surface area contributed by atoms with Crippen molar-refractivity contribution in [1.82, 2.24) is 4.31 Å². The average molecular weight is 291 g/mol. The monoisotopic (exact) mass is 290 g/mol. The quantitative estimate of drug-likeness (QED) is 0.898. The zero-order valence-corrected chi connectivity index (χ0v) is 12.0. The van der Waals surface area contributed by atoms with Crippen LogP contribution in [0.5, 0.6) is 0 Å². The van der Waals surface area contributed by atoms with Crippen LogP contribution in [0, 0.1) is 6.92 Å². The third-order valence-corrected chi connectivity index (χ3v) is 4.91. The Kier molecular flexibility index (Phi) is 5.16. The van der Waals surface area contributed by atoms with Crippen molar-refractivity contribution in [1.29, 1.82) is 0 Å². The van der Waals surface area contributed by atoms with E-state index in [0.29, 0.717) is 18.0 Å². The van der Waals surface area contributed by atoms with Gasteiger partial charge < -0.3 is 5.73 Å². The summed E-state index contributed by atoms with van der Waals surface area (Å²) in [7, 11) is -3.36. The fourth-order valence-electron chi connectivity index (χ4n) is 2.12. The van der Waals surface area contributed by atoms with Gasteiger partial charge in [-0.1, -0.05) is 12.1 Å². The van der Waals surface area contributed by atoms with Gasteiger partial charge in [0.1, 0.15) is 0 Å². The second kappa shape index (κ2) is 6.02. The first-order valence-electron chi connectivity index (χ1n) is 5.82. The SMILES string of the molecule is Cc1cccc(S(=O)(=O)N2CCC[C@@H](N)C2)c1.Cl. The van der Waals surface area contributed by atoms with Gasteiger partial charge in [0.05, 0.1) is 4.90 Å². The van der Waals surface area contributed by atoms with Gasteiger partial charge in [-0.15, -0.1) is 12.4 Å². The molecule has 2 rings (SSSR count). The topological polar surface area (TPSA) is 63.4 Å². The van der Waals surface area contributed by atoms with Crippen molar-refractivity contribution >= 4 is 22.4 Å². The van der Waals surface area contributed by atoms with Gasteiger partial charge in [0.2, 0.25) is 10.0 Å². The molecule has 2 N–H and O–H groups in total. The number of piperidine rings is 1. The molecule has 0 bridgehead atoms. The lowest BCUT2D eigenvalue weighted by Gasteiger charge is -2.29. The number of halogens is 1. The fourth-order valence-corrected chi connectivity index (χ4v) is 3.76. The Labute approximate surface area is 115 Å². The van der Waals surface area contributed by atoms with Crippen LogP contribution in [-0.4, -0.2) is 31.9 Å². The van der Waals surface area contributed by atoms with Crippen molar-refractivity contribution in [3.8, 4) is 0 Å². The number of hydrogen-bond acceptors (Lipinski definition) is 3. The summed E-state index contributed by atoms with van der Waals surface area (Å²) >= 11 is 0. The Morgan fingerprint density at radius 2 is 2.11 bits per heavy atom. The van der Waals surface area contributed by atoms with Gasteiger partial charge in [-0.25, -0.2) is 8.42 Å². The molecule has 1 atom stereocenters. The molecule has 0 amide bonds. The van der Waals surface area contributed by atoms with Gasteiger partial charge in [0.25, 0.3) is 0 Å². The van der Waals surface area contributed by atoms with Crippen molar-refractivity contribution in [3.05, 3.63) is 29.8 Å². The number of aryl methyl sites for hydroxylation is 1. The van der Waals surface area contributed by atoms with Gasteiger partial charge >= 0.3 is 0 Å². The Balaban J connectivity index is 0.00000162.